The van der Waals surface area contributed by atoms with Gasteiger partial charge in [-0.3, -0.25) is 0 Å². The van der Waals surface area contributed by atoms with Crippen molar-refractivity contribution in [1.82, 2.24) is 5.32 Å². The van der Waals surface area contributed by atoms with Gasteiger partial charge in [-0.15, -0.1) is 0 Å². The minimum Gasteiger partial charge on any atom is -0.359 e. The Hall–Kier alpha value is -2.52. The molecule has 1 saturated heterocycles. The summed E-state index contributed by atoms with van der Waals surface area (Å²) in [5.41, 5.74) is 6.55. The lowest BCUT2D eigenvalue weighted by atomic mass is 9.97. The Morgan fingerprint density at radius 3 is 2.58 bits per heavy atom. The number of allylic oxidation sites excluding steroid dienone is 1. The Morgan fingerprint density at radius 1 is 1.08 bits per heavy atom. The van der Waals surface area contributed by atoms with Crippen LogP contribution in [0.2, 0.25) is 0 Å². The normalized spacial score (nSPS) is 16.3. The molecule has 1 heterocycles. The monoisotopic (exact) mass is 347 g/mol. The van der Waals surface area contributed by atoms with Crippen molar-refractivity contribution in [3.8, 4) is 0 Å². The molecular weight excluding hydrogens is 318 g/mol. The van der Waals surface area contributed by atoms with Crippen molar-refractivity contribution >= 4 is 17.1 Å². The summed E-state index contributed by atoms with van der Waals surface area (Å²) < 4.78 is 0. The van der Waals surface area contributed by atoms with Crippen LogP contribution in [0.25, 0.3) is 5.70 Å². The minimum absolute atomic E-state index is 0.426. The van der Waals surface area contributed by atoms with Crippen molar-refractivity contribution < 1.29 is 0 Å². The molecule has 0 aliphatic carbocycles. The maximum atomic E-state index is 4.30. The first-order valence-electron chi connectivity index (χ1n) is 9.51. The van der Waals surface area contributed by atoms with Gasteiger partial charge in [-0.2, -0.15) is 0 Å². The Labute approximate surface area is 157 Å². The van der Waals surface area contributed by atoms with E-state index in [4.69, 9.17) is 0 Å². The lowest BCUT2D eigenvalue weighted by Gasteiger charge is -2.19. The van der Waals surface area contributed by atoms with Crippen molar-refractivity contribution in [2.45, 2.75) is 38.6 Å². The summed E-state index contributed by atoms with van der Waals surface area (Å²) in [5.74, 6) is 0. The van der Waals surface area contributed by atoms with Gasteiger partial charge in [-0.25, -0.2) is 0 Å². The lowest BCUT2D eigenvalue weighted by Crippen LogP contribution is -2.15. The van der Waals surface area contributed by atoms with Gasteiger partial charge in [0.2, 0.25) is 0 Å². The van der Waals surface area contributed by atoms with E-state index in [0.717, 1.165) is 42.2 Å². The number of rotatable bonds is 8. The number of hydrogen-bond donors (Lipinski definition) is 3. The maximum absolute atomic E-state index is 4.30. The SMILES string of the molecule is C=C(CCC)Nc1cccc(NC(=C)c2ccccc2C2CCCN2)c1. The molecule has 3 N–H and O–H groups in total. The second kappa shape index (κ2) is 8.72. The Balaban J connectivity index is 1.73. The summed E-state index contributed by atoms with van der Waals surface area (Å²) in [5, 5.41) is 10.4. The van der Waals surface area contributed by atoms with E-state index in [1.807, 2.05) is 6.07 Å². The van der Waals surface area contributed by atoms with E-state index in [-0.39, 0.29) is 0 Å². The van der Waals surface area contributed by atoms with E-state index in [0.29, 0.717) is 6.04 Å². The topological polar surface area (TPSA) is 36.1 Å². The highest BCUT2D eigenvalue weighted by molar-refractivity contribution is 5.78. The minimum atomic E-state index is 0.426. The molecule has 1 aliphatic heterocycles. The Kier molecular flexibility index (Phi) is 6.13. The van der Waals surface area contributed by atoms with E-state index in [1.54, 1.807) is 0 Å². The van der Waals surface area contributed by atoms with Crippen LogP contribution in [0.1, 0.15) is 49.8 Å². The largest absolute Gasteiger partial charge is 0.359 e. The van der Waals surface area contributed by atoms with Crippen molar-refractivity contribution in [3.63, 3.8) is 0 Å². The molecule has 2 aromatic carbocycles. The predicted octanol–water partition coefficient (Wildman–Crippen LogP) is 5.92. The molecular formula is C23H29N3. The number of nitrogens with one attached hydrogen (secondary N) is 3. The standard InChI is InChI=1S/C23H29N3/c1-4-9-17(2)25-19-10-7-11-20(16-19)26-18(3)21-12-5-6-13-22(21)23-14-8-15-24-23/h5-7,10-13,16,23-26H,2-4,8-9,14-15H2,1H3. The van der Waals surface area contributed by atoms with Crippen LogP contribution < -0.4 is 16.0 Å². The van der Waals surface area contributed by atoms with Gasteiger partial charge in [-0.05, 0) is 49.6 Å². The van der Waals surface area contributed by atoms with Crippen LogP contribution in [0.3, 0.4) is 0 Å². The molecule has 0 spiro atoms. The maximum Gasteiger partial charge on any atom is 0.0405 e. The van der Waals surface area contributed by atoms with Crippen LogP contribution in [-0.4, -0.2) is 6.54 Å². The Morgan fingerprint density at radius 2 is 1.85 bits per heavy atom. The van der Waals surface area contributed by atoms with E-state index in [9.17, 15) is 0 Å². The molecule has 1 aliphatic rings. The van der Waals surface area contributed by atoms with Gasteiger partial charge in [0, 0.05) is 34.4 Å². The second-order valence-corrected chi connectivity index (χ2v) is 6.90. The van der Waals surface area contributed by atoms with Crippen molar-refractivity contribution in [3.05, 3.63) is 78.5 Å². The lowest BCUT2D eigenvalue weighted by molar-refractivity contribution is 0.646. The number of benzene rings is 2. The average molecular weight is 348 g/mol. The number of hydrogen-bond acceptors (Lipinski definition) is 3. The third-order valence-electron chi connectivity index (χ3n) is 4.75. The molecule has 1 atom stereocenters. The molecule has 1 unspecified atom stereocenters. The van der Waals surface area contributed by atoms with Crippen molar-refractivity contribution in [1.29, 1.82) is 0 Å². The summed E-state index contributed by atoms with van der Waals surface area (Å²) in [7, 11) is 0. The van der Waals surface area contributed by atoms with Crippen LogP contribution in [0.5, 0.6) is 0 Å². The van der Waals surface area contributed by atoms with E-state index in [2.05, 4.69) is 78.5 Å². The highest BCUT2D eigenvalue weighted by Gasteiger charge is 2.19. The van der Waals surface area contributed by atoms with Crippen LogP contribution in [0, 0.1) is 0 Å². The van der Waals surface area contributed by atoms with Crippen LogP contribution in [-0.2, 0) is 0 Å². The average Bonchev–Trinajstić information content (AvgIpc) is 3.16. The molecule has 3 heteroatoms. The molecule has 26 heavy (non-hydrogen) atoms. The number of anilines is 2. The van der Waals surface area contributed by atoms with Crippen molar-refractivity contribution in [2.75, 3.05) is 17.2 Å². The summed E-state index contributed by atoms with van der Waals surface area (Å²) in [6.45, 7) is 11.6. The molecule has 0 amide bonds. The van der Waals surface area contributed by atoms with Gasteiger partial charge < -0.3 is 16.0 Å². The molecule has 3 rings (SSSR count). The summed E-state index contributed by atoms with van der Waals surface area (Å²) in [6, 6.07) is 17.2. The van der Waals surface area contributed by atoms with Gasteiger partial charge >= 0.3 is 0 Å². The molecule has 0 bridgehead atoms. The van der Waals surface area contributed by atoms with Gasteiger partial charge in [0.1, 0.15) is 0 Å². The molecule has 2 aromatic rings. The fraction of sp³-hybridized carbons (Fsp3) is 0.304. The zero-order valence-corrected chi connectivity index (χ0v) is 15.6. The third-order valence-corrected chi connectivity index (χ3v) is 4.75. The quantitative estimate of drug-likeness (QED) is 0.555. The fourth-order valence-corrected chi connectivity index (χ4v) is 3.51. The van der Waals surface area contributed by atoms with Crippen LogP contribution in [0.4, 0.5) is 11.4 Å². The van der Waals surface area contributed by atoms with Crippen LogP contribution in [0.15, 0.2) is 67.4 Å². The van der Waals surface area contributed by atoms with E-state index >= 15 is 0 Å². The molecule has 0 saturated carbocycles. The van der Waals surface area contributed by atoms with E-state index < -0.39 is 0 Å². The highest BCUT2D eigenvalue weighted by Crippen LogP contribution is 2.30. The predicted molar refractivity (Wildman–Crippen MR) is 113 cm³/mol. The first-order chi connectivity index (χ1) is 12.7. The van der Waals surface area contributed by atoms with Crippen LogP contribution >= 0.6 is 0 Å². The zero-order chi connectivity index (χ0) is 18.4. The summed E-state index contributed by atoms with van der Waals surface area (Å²) in [6.07, 6.45) is 4.48. The van der Waals surface area contributed by atoms with E-state index in [1.165, 1.54) is 24.0 Å². The van der Waals surface area contributed by atoms with Gasteiger partial charge in [0.25, 0.3) is 0 Å². The second-order valence-electron chi connectivity index (χ2n) is 6.90. The van der Waals surface area contributed by atoms with Gasteiger partial charge in [-0.1, -0.05) is 56.8 Å². The smallest absolute Gasteiger partial charge is 0.0405 e. The first kappa shape index (κ1) is 18.3. The molecule has 3 nitrogen and oxygen atoms in total. The zero-order valence-electron chi connectivity index (χ0n) is 15.6. The summed E-state index contributed by atoms with van der Waals surface area (Å²) in [4.78, 5) is 0. The summed E-state index contributed by atoms with van der Waals surface area (Å²) >= 11 is 0. The van der Waals surface area contributed by atoms with Crippen molar-refractivity contribution in [2.24, 2.45) is 0 Å². The third kappa shape index (κ3) is 4.55. The van der Waals surface area contributed by atoms with Gasteiger partial charge in [0.15, 0.2) is 0 Å². The molecule has 136 valence electrons. The molecule has 0 radical (unpaired) electrons. The fourth-order valence-electron chi connectivity index (χ4n) is 3.51. The molecule has 1 fully saturated rings. The van der Waals surface area contributed by atoms with Gasteiger partial charge in [0.05, 0.1) is 0 Å². The molecule has 0 aromatic heterocycles. The Bertz CT molecular complexity index is 773. The first-order valence-corrected chi connectivity index (χ1v) is 9.51. The highest BCUT2D eigenvalue weighted by atomic mass is 14.9.